The Morgan fingerprint density at radius 1 is 1.06 bits per heavy atom. The fourth-order valence-corrected chi connectivity index (χ4v) is 7.15. The molecule has 3 saturated carbocycles. The van der Waals surface area contributed by atoms with Crippen molar-refractivity contribution in [1.82, 2.24) is 0 Å². The zero-order valence-electron chi connectivity index (χ0n) is 20.9. The van der Waals surface area contributed by atoms with Crippen LogP contribution >= 0.6 is 0 Å². The van der Waals surface area contributed by atoms with E-state index in [1.54, 1.807) is 0 Å². The molecule has 33 heavy (non-hydrogen) atoms. The van der Waals surface area contributed by atoms with E-state index in [0.717, 1.165) is 38.5 Å². The van der Waals surface area contributed by atoms with Crippen molar-refractivity contribution in [1.29, 1.82) is 0 Å². The van der Waals surface area contributed by atoms with E-state index < -0.39 is 0 Å². The highest BCUT2D eigenvalue weighted by atomic mass is 16.5. The molecule has 3 fully saturated rings. The molecule has 7 atom stereocenters. The number of methoxy groups -OCH3 is 1. The molecule has 6 nitrogen and oxygen atoms in total. The summed E-state index contributed by atoms with van der Waals surface area (Å²) < 4.78 is 16.0. The van der Waals surface area contributed by atoms with Gasteiger partial charge in [0.25, 0.3) is 0 Å². The third kappa shape index (κ3) is 5.20. The van der Waals surface area contributed by atoms with Gasteiger partial charge in [0.05, 0.1) is 13.7 Å². The van der Waals surface area contributed by atoms with Crippen molar-refractivity contribution in [3.63, 3.8) is 0 Å². The van der Waals surface area contributed by atoms with E-state index in [1.165, 1.54) is 32.6 Å². The highest BCUT2D eigenvalue weighted by Gasteiger charge is 2.57. The Morgan fingerprint density at radius 3 is 2.42 bits per heavy atom. The number of rotatable bonds is 6. The van der Waals surface area contributed by atoms with E-state index in [4.69, 9.17) is 14.2 Å². The van der Waals surface area contributed by atoms with Gasteiger partial charge >= 0.3 is 17.9 Å². The maximum Gasteiger partial charge on any atom is 0.330 e. The molecule has 0 aromatic rings. The highest BCUT2D eigenvalue weighted by molar-refractivity contribution is 5.81. The van der Waals surface area contributed by atoms with Gasteiger partial charge in [-0.15, -0.1) is 0 Å². The summed E-state index contributed by atoms with van der Waals surface area (Å²) in [6.45, 7) is 12.4. The van der Waals surface area contributed by atoms with Gasteiger partial charge < -0.3 is 14.2 Å². The van der Waals surface area contributed by atoms with E-state index >= 15 is 0 Å². The number of ether oxygens (including phenoxy) is 3. The van der Waals surface area contributed by atoms with Crippen molar-refractivity contribution < 1.29 is 28.6 Å². The molecule has 0 N–H and O–H groups in total. The molecule has 2 unspecified atom stereocenters. The number of fused-ring (bicyclic) bond motifs is 1. The van der Waals surface area contributed by atoms with E-state index in [0.29, 0.717) is 24.9 Å². The van der Waals surface area contributed by atoms with Crippen molar-refractivity contribution in [2.45, 2.75) is 78.7 Å². The lowest BCUT2D eigenvalue weighted by atomic mass is 9.49. The second-order valence-corrected chi connectivity index (χ2v) is 10.8. The summed E-state index contributed by atoms with van der Waals surface area (Å²) in [7, 11) is 1.37. The van der Waals surface area contributed by atoms with Gasteiger partial charge in [0.2, 0.25) is 0 Å². The van der Waals surface area contributed by atoms with Crippen LogP contribution in [0.1, 0.15) is 72.6 Å². The standard InChI is InChI=1S/C27H40O6/c1-17-7-9-23-22(16-32-18(2)28)24(12-14-26(17,23)4)27(5)13-11-21(33-19(3)29)15-20(27)8-10-25(30)31-6/h8,10,20-24H,1,7,9,11-16H2,2-6H3/t20-,21-,22-,23?,24?,26+,27-/m0/s1. The Hall–Kier alpha value is -2.11. The van der Waals surface area contributed by atoms with Crippen molar-refractivity contribution in [3.05, 3.63) is 24.3 Å². The minimum absolute atomic E-state index is 0.0495. The van der Waals surface area contributed by atoms with Gasteiger partial charge in [-0.25, -0.2) is 4.79 Å². The van der Waals surface area contributed by atoms with Crippen LogP contribution in [0.3, 0.4) is 0 Å². The topological polar surface area (TPSA) is 78.9 Å². The summed E-state index contributed by atoms with van der Waals surface area (Å²) in [6, 6.07) is 0. The van der Waals surface area contributed by atoms with Crippen molar-refractivity contribution in [2.24, 2.45) is 34.5 Å². The van der Waals surface area contributed by atoms with E-state index in [1.807, 2.05) is 6.08 Å². The molecular formula is C27H40O6. The molecule has 0 amide bonds. The van der Waals surface area contributed by atoms with E-state index in [9.17, 15) is 14.4 Å². The summed E-state index contributed by atoms with van der Waals surface area (Å²) in [5.74, 6) is 0.132. The summed E-state index contributed by atoms with van der Waals surface area (Å²) in [5.41, 5.74) is 1.30. The number of esters is 3. The normalized spacial score (nSPS) is 38.6. The molecule has 0 aromatic carbocycles. The molecule has 0 radical (unpaired) electrons. The first-order chi connectivity index (χ1) is 15.5. The summed E-state index contributed by atoms with van der Waals surface area (Å²) in [4.78, 5) is 35.3. The van der Waals surface area contributed by atoms with Gasteiger partial charge in [-0.2, -0.15) is 0 Å². The number of allylic oxidation sites excluding steroid dienone is 2. The summed E-state index contributed by atoms with van der Waals surface area (Å²) in [5, 5.41) is 0. The van der Waals surface area contributed by atoms with Gasteiger partial charge in [-0.1, -0.05) is 32.1 Å². The van der Waals surface area contributed by atoms with Crippen molar-refractivity contribution >= 4 is 17.9 Å². The maximum absolute atomic E-state index is 11.9. The van der Waals surface area contributed by atoms with Crippen LogP contribution < -0.4 is 0 Å². The van der Waals surface area contributed by atoms with Crippen LogP contribution in [0.4, 0.5) is 0 Å². The Balaban J connectivity index is 1.94. The third-order valence-corrected chi connectivity index (χ3v) is 9.08. The second-order valence-electron chi connectivity index (χ2n) is 10.8. The quantitative estimate of drug-likeness (QED) is 0.240. The molecule has 0 aromatic heterocycles. The molecule has 3 aliphatic rings. The van der Waals surface area contributed by atoms with Gasteiger partial charge in [-0.05, 0) is 73.5 Å². The van der Waals surface area contributed by atoms with Crippen molar-refractivity contribution in [2.75, 3.05) is 13.7 Å². The average molecular weight is 461 g/mol. The monoisotopic (exact) mass is 460 g/mol. The Labute approximate surface area is 198 Å². The summed E-state index contributed by atoms with van der Waals surface area (Å²) in [6.07, 6.45) is 9.86. The molecule has 0 aliphatic heterocycles. The Morgan fingerprint density at radius 2 is 1.79 bits per heavy atom. The number of hydrogen-bond acceptors (Lipinski definition) is 6. The van der Waals surface area contributed by atoms with Crippen LogP contribution in [-0.2, 0) is 28.6 Å². The average Bonchev–Trinajstić information content (AvgIpc) is 3.06. The molecule has 0 heterocycles. The summed E-state index contributed by atoms with van der Waals surface area (Å²) >= 11 is 0. The fraction of sp³-hybridized carbons (Fsp3) is 0.741. The second kappa shape index (κ2) is 10.0. The number of carbonyl (C=O) groups is 3. The minimum atomic E-state index is -0.383. The van der Waals surface area contributed by atoms with Crippen LogP contribution in [0.2, 0.25) is 0 Å². The smallest absolute Gasteiger partial charge is 0.330 e. The number of carbonyl (C=O) groups excluding carboxylic acids is 3. The van der Waals surface area contributed by atoms with E-state index in [-0.39, 0.29) is 46.7 Å². The van der Waals surface area contributed by atoms with Crippen LogP contribution in [0.25, 0.3) is 0 Å². The zero-order chi connectivity index (χ0) is 24.4. The third-order valence-electron chi connectivity index (χ3n) is 9.08. The van der Waals surface area contributed by atoms with E-state index in [2.05, 4.69) is 20.4 Å². The van der Waals surface area contributed by atoms with Gasteiger partial charge in [0.15, 0.2) is 0 Å². The largest absolute Gasteiger partial charge is 0.466 e. The van der Waals surface area contributed by atoms with Crippen LogP contribution in [-0.4, -0.2) is 37.7 Å². The van der Waals surface area contributed by atoms with Crippen LogP contribution in [0, 0.1) is 34.5 Å². The van der Waals surface area contributed by atoms with Crippen LogP contribution in [0.5, 0.6) is 0 Å². The van der Waals surface area contributed by atoms with Crippen LogP contribution in [0.15, 0.2) is 24.3 Å². The van der Waals surface area contributed by atoms with Gasteiger partial charge in [0.1, 0.15) is 6.10 Å². The molecule has 6 heteroatoms. The first-order valence-corrected chi connectivity index (χ1v) is 12.3. The lowest BCUT2D eigenvalue weighted by molar-refractivity contribution is -0.155. The Bertz CT molecular complexity index is 815. The predicted octanol–water partition coefficient (Wildman–Crippen LogP) is 5.02. The minimum Gasteiger partial charge on any atom is -0.466 e. The highest BCUT2D eigenvalue weighted by Crippen LogP contribution is 2.63. The van der Waals surface area contributed by atoms with Crippen molar-refractivity contribution in [3.8, 4) is 0 Å². The number of hydrogen-bond donors (Lipinski definition) is 0. The fourth-order valence-electron chi connectivity index (χ4n) is 7.15. The Kier molecular flexibility index (Phi) is 7.75. The van der Waals surface area contributed by atoms with Gasteiger partial charge in [0, 0.05) is 25.8 Å². The molecule has 3 rings (SSSR count). The first kappa shape index (κ1) is 25.5. The molecule has 0 bridgehead atoms. The first-order valence-electron chi connectivity index (χ1n) is 12.3. The molecule has 0 spiro atoms. The predicted molar refractivity (Wildman–Crippen MR) is 125 cm³/mol. The molecule has 0 saturated heterocycles. The molecule has 3 aliphatic carbocycles. The zero-order valence-corrected chi connectivity index (χ0v) is 20.9. The lowest BCUT2D eigenvalue weighted by Gasteiger charge is -2.56. The maximum atomic E-state index is 11.9. The molecular weight excluding hydrogens is 420 g/mol. The SMILES string of the molecule is C=C1CCC2[C@H](COC(C)=O)C([C@@]3(C)CC[C@H](OC(C)=O)C[C@@H]3C=CC(=O)OC)CC[C@]12C. The lowest BCUT2D eigenvalue weighted by Crippen LogP contribution is -2.51. The molecule has 184 valence electrons. The van der Waals surface area contributed by atoms with Gasteiger partial charge in [-0.3, -0.25) is 9.59 Å².